The van der Waals surface area contributed by atoms with Crippen LogP contribution in [-0.2, 0) is 18.4 Å². The lowest BCUT2D eigenvalue weighted by Gasteiger charge is -2.16. The van der Waals surface area contributed by atoms with Crippen LogP contribution >= 0.6 is 0 Å². The number of nitrogens with one attached hydrogen (secondary N) is 1. The van der Waals surface area contributed by atoms with E-state index in [4.69, 9.17) is 0 Å². The van der Waals surface area contributed by atoms with Crippen LogP contribution in [0.25, 0.3) is 0 Å². The molecule has 0 bridgehead atoms. The molecule has 0 fully saturated rings. The minimum absolute atomic E-state index is 0.0268. The molecule has 0 aliphatic heterocycles. The van der Waals surface area contributed by atoms with E-state index < -0.39 is 0 Å². The van der Waals surface area contributed by atoms with Crippen LogP contribution in [0, 0.1) is 0 Å². The third kappa shape index (κ3) is 2.77. The fraction of sp³-hybridized carbons (Fsp3) is 0.417. The van der Waals surface area contributed by atoms with Crippen molar-refractivity contribution in [3.8, 4) is 0 Å². The molecule has 1 N–H and O–H groups in total. The Hall–Kier alpha value is -2.11. The van der Waals surface area contributed by atoms with Crippen LogP contribution in [0.3, 0.4) is 0 Å². The van der Waals surface area contributed by atoms with Crippen molar-refractivity contribution in [2.45, 2.75) is 25.9 Å². The molecule has 0 saturated heterocycles. The Morgan fingerprint density at radius 3 is 2.72 bits per heavy atom. The second kappa shape index (κ2) is 5.48. The summed E-state index contributed by atoms with van der Waals surface area (Å²) in [4.78, 5) is 16.1. The zero-order chi connectivity index (χ0) is 13.0. The lowest BCUT2D eigenvalue weighted by atomic mass is 10.2. The molecule has 2 heterocycles. The Morgan fingerprint density at radius 1 is 1.44 bits per heavy atom. The molecule has 2 rings (SSSR count). The van der Waals surface area contributed by atoms with Gasteiger partial charge in [-0.2, -0.15) is 5.10 Å². The maximum Gasteiger partial charge on any atom is 0.240 e. The smallest absolute Gasteiger partial charge is 0.240 e. The lowest BCUT2D eigenvalue weighted by molar-refractivity contribution is -0.122. The van der Waals surface area contributed by atoms with Gasteiger partial charge in [-0.1, -0.05) is 6.92 Å². The standard InChI is InChI=1S/C12H17N5O/c1-3-10(12-13-9-14-16(12)2)15-11(18)8-17-6-4-5-7-17/h4-7,9-10H,3,8H2,1-2H3,(H,15,18)/t10-/m0/s1. The second-order valence-corrected chi connectivity index (χ2v) is 4.13. The molecule has 6 nitrogen and oxygen atoms in total. The molecule has 6 heteroatoms. The van der Waals surface area contributed by atoms with E-state index in [1.807, 2.05) is 43.1 Å². The highest BCUT2D eigenvalue weighted by atomic mass is 16.2. The average Bonchev–Trinajstić information content (AvgIpc) is 2.98. The summed E-state index contributed by atoms with van der Waals surface area (Å²) in [6, 6.07) is 3.70. The maximum atomic E-state index is 11.9. The van der Waals surface area contributed by atoms with E-state index in [1.165, 1.54) is 6.33 Å². The molecule has 0 saturated carbocycles. The van der Waals surface area contributed by atoms with Crippen LogP contribution in [0.1, 0.15) is 25.2 Å². The first-order valence-electron chi connectivity index (χ1n) is 5.94. The molecule has 2 aromatic heterocycles. The zero-order valence-corrected chi connectivity index (χ0v) is 10.6. The molecular weight excluding hydrogens is 230 g/mol. The van der Waals surface area contributed by atoms with Crippen molar-refractivity contribution < 1.29 is 4.79 Å². The fourth-order valence-corrected chi connectivity index (χ4v) is 1.85. The van der Waals surface area contributed by atoms with Gasteiger partial charge in [0, 0.05) is 19.4 Å². The van der Waals surface area contributed by atoms with Crippen LogP contribution in [-0.4, -0.2) is 25.2 Å². The van der Waals surface area contributed by atoms with Crippen molar-refractivity contribution in [2.75, 3.05) is 0 Å². The van der Waals surface area contributed by atoms with Gasteiger partial charge in [-0.25, -0.2) is 4.98 Å². The molecule has 0 aliphatic rings. The van der Waals surface area contributed by atoms with E-state index in [9.17, 15) is 4.79 Å². The quantitative estimate of drug-likeness (QED) is 0.853. The SMILES string of the molecule is CC[C@H](NC(=O)Cn1cccc1)c1ncnn1C. The first-order valence-corrected chi connectivity index (χ1v) is 5.94. The Balaban J connectivity index is 1.98. The predicted octanol–water partition coefficient (Wildman–Crippen LogP) is 0.884. The second-order valence-electron chi connectivity index (χ2n) is 4.13. The van der Waals surface area contributed by atoms with Crippen LogP contribution in [0.2, 0.25) is 0 Å². The van der Waals surface area contributed by atoms with Gasteiger partial charge >= 0.3 is 0 Å². The summed E-state index contributed by atoms with van der Waals surface area (Å²) in [6.07, 6.45) is 6.01. The minimum Gasteiger partial charge on any atom is -0.345 e. The molecule has 0 aromatic carbocycles. The number of carbonyl (C=O) groups excluding carboxylic acids is 1. The first kappa shape index (κ1) is 12.3. The van der Waals surface area contributed by atoms with Gasteiger partial charge in [0.05, 0.1) is 6.04 Å². The fourth-order valence-electron chi connectivity index (χ4n) is 1.85. The van der Waals surface area contributed by atoms with Crippen molar-refractivity contribution in [1.82, 2.24) is 24.6 Å². The van der Waals surface area contributed by atoms with E-state index >= 15 is 0 Å². The Morgan fingerprint density at radius 2 is 2.17 bits per heavy atom. The largest absolute Gasteiger partial charge is 0.345 e. The van der Waals surface area contributed by atoms with Crippen molar-refractivity contribution in [3.05, 3.63) is 36.7 Å². The highest BCUT2D eigenvalue weighted by Crippen LogP contribution is 2.12. The lowest BCUT2D eigenvalue weighted by Crippen LogP contribution is -2.32. The molecule has 0 radical (unpaired) electrons. The van der Waals surface area contributed by atoms with Gasteiger partial charge in [-0.05, 0) is 18.6 Å². The molecule has 96 valence electrons. The number of hydrogen-bond acceptors (Lipinski definition) is 3. The summed E-state index contributed by atoms with van der Waals surface area (Å²) < 4.78 is 3.52. The molecular formula is C12H17N5O. The van der Waals surface area contributed by atoms with Gasteiger partial charge in [0.2, 0.25) is 5.91 Å². The van der Waals surface area contributed by atoms with Crippen LogP contribution in [0.4, 0.5) is 0 Å². The molecule has 0 aliphatic carbocycles. The third-order valence-corrected chi connectivity index (χ3v) is 2.79. The number of nitrogens with zero attached hydrogens (tertiary/aromatic N) is 4. The van der Waals surface area contributed by atoms with Gasteiger partial charge in [0.25, 0.3) is 0 Å². The van der Waals surface area contributed by atoms with E-state index in [-0.39, 0.29) is 11.9 Å². The summed E-state index contributed by atoms with van der Waals surface area (Å²) in [7, 11) is 1.82. The third-order valence-electron chi connectivity index (χ3n) is 2.79. The Labute approximate surface area is 106 Å². The van der Waals surface area contributed by atoms with E-state index in [1.54, 1.807) is 4.68 Å². The van der Waals surface area contributed by atoms with Gasteiger partial charge in [-0.15, -0.1) is 0 Å². The van der Waals surface area contributed by atoms with E-state index in [0.29, 0.717) is 6.54 Å². The van der Waals surface area contributed by atoms with Gasteiger partial charge in [0.15, 0.2) is 0 Å². The molecule has 1 amide bonds. The first-order chi connectivity index (χ1) is 8.70. The van der Waals surface area contributed by atoms with Crippen molar-refractivity contribution >= 4 is 5.91 Å². The molecule has 1 atom stereocenters. The normalized spacial score (nSPS) is 12.3. The minimum atomic E-state index is -0.0967. The summed E-state index contributed by atoms with van der Waals surface area (Å²) in [5.41, 5.74) is 0. The molecule has 2 aromatic rings. The molecule has 0 spiro atoms. The number of rotatable bonds is 5. The summed E-state index contributed by atoms with van der Waals surface area (Å²) >= 11 is 0. The van der Waals surface area contributed by atoms with Crippen LogP contribution in [0.5, 0.6) is 0 Å². The van der Waals surface area contributed by atoms with Gasteiger partial charge in [0.1, 0.15) is 18.7 Å². The van der Waals surface area contributed by atoms with Crippen molar-refractivity contribution in [3.63, 3.8) is 0 Å². The van der Waals surface area contributed by atoms with Crippen molar-refractivity contribution in [2.24, 2.45) is 7.05 Å². The monoisotopic (exact) mass is 247 g/mol. The highest BCUT2D eigenvalue weighted by molar-refractivity contribution is 5.76. The Kier molecular flexibility index (Phi) is 3.76. The topological polar surface area (TPSA) is 64.7 Å². The predicted molar refractivity (Wildman–Crippen MR) is 66.6 cm³/mol. The maximum absolute atomic E-state index is 11.9. The van der Waals surface area contributed by atoms with Crippen LogP contribution < -0.4 is 5.32 Å². The van der Waals surface area contributed by atoms with E-state index in [2.05, 4.69) is 15.4 Å². The average molecular weight is 247 g/mol. The summed E-state index contributed by atoms with van der Waals surface area (Å²) in [5, 5.41) is 6.98. The van der Waals surface area contributed by atoms with Gasteiger partial charge < -0.3 is 9.88 Å². The molecule has 18 heavy (non-hydrogen) atoms. The van der Waals surface area contributed by atoms with Gasteiger partial charge in [-0.3, -0.25) is 9.48 Å². The number of aromatic nitrogens is 4. The van der Waals surface area contributed by atoms with Crippen LogP contribution in [0.15, 0.2) is 30.9 Å². The Bertz CT molecular complexity index is 502. The van der Waals surface area contributed by atoms with E-state index in [0.717, 1.165) is 12.2 Å². The number of carbonyl (C=O) groups is 1. The molecule has 0 unspecified atom stereocenters. The summed E-state index contributed by atoms with van der Waals surface area (Å²) in [5.74, 6) is 0.749. The highest BCUT2D eigenvalue weighted by Gasteiger charge is 2.17. The number of hydrogen-bond donors (Lipinski definition) is 1. The zero-order valence-electron chi connectivity index (χ0n) is 10.6. The van der Waals surface area contributed by atoms with Crippen molar-refractivity contribution in [1.29, 1.82) is 0 Å². The summed E-state index contributed by atoms with van der Waals surface area (Å²) in [6.45, 7) is 2.33. The number of aryl methyl sites for hydroxylation is 1. The number of amides is 1.